The highest BCUT2D eigenvalue weighted by Gasteiger charge is 2.21. The molecule has 0 amide bonds. The van der Waals surface area contributed by atoms with Gasteiger partial charge >= 0.3 is 0 Å². The van der Waals surface area contributed by atoms with Gasteiger partial charge in [0.1, 0.15) is 5.65 Å². The Balaban J connectivity index is 2.20. The first-order valence-corrected chi connectivity index (χ1v) is 6.69. The van der Waals surface area contributed by atoms with Gasteiger partial charge < -0.3 is 4.57 Å². The minimum Gasteiger partial charge on any atom is -0.326 e. The molecule has 0 unspecified atom stereocenters. The molecule has 1 aliphatic carbocycles. The molecular weight excluding hydrogens is 234 g/mol. The Kier molecular flexibility index (Phi) is 2.79. The van der Waals surface area contributed by atoms with Crippen LogP contribution in [0.15, 0.2) is 12.3 Å². The Bertz CT molecular complexity index is 541. The molecule has 0 N–H and O–H groups in total. The molecule has 0 saturated heterocycles. The molecular formula is C13H16ClN3. The molecule has 2 aromatic rings. The van der Waals surface area contributed by atoms with E-state index in [0.29, 0.717) is 11.3 Å². The molecule has 3 rings (SSSR count). The predicted octanol–water partition coefficient (Wildman–Crippen LogP) is 3.76. The maximum atomic E-state index is 5.91. The molecule has 17 heavy (non-hydrogen) atoms. The monoisotopic (exact) mass is 249 g/mol. The number of aryl methyl sites for hydroxylation is 1. The lowest BCUT2D eigenvalue weighted by molar-refractivity contribution is 0.515. The van der Waals surface area contributed by atoms with Crippen molar-refractivity contribution in [3.8, 4) is 0 Å². The van der Waals surface area contributed by atoms with E-state index in [1.54, 1.807) is 0 Å². The van der Waals surface area contributed by atoms with Gasteiger partial charge in [-0.15, -0.1) is 0 Å². The molecule has 0 atom stereocenters. The average Bonchev–Trinajstić information content (AvgIpc) is 2.93. The van der Waals surface area contributed by atoms with E-state index in [1.807, 2.05) is 6.20 Å². The van der Waals surface area contributed by atoms with Crippen LogP contribution in [0.4, 0.5) is 0 Å². The maximum Gasteiger partial charge on any atom is 0.224 e. The number of fused-ring (bicyclic) bond motifs is 1. The summed E-state index contributed by atoms with van der Waals surface area (Å²) >= 11 is 5.91. The van der Waals surface area contributed by atoms with E-state index < -0.39 is 0 Å². The van der Waals surface area contributed by atoms with Crippen LogP contribution in [0.1, 0.15) is 44.3 Å². The summed E-state index contributed by atoms with van der Waals surface area (Å²) in [7, 11) is 0. The third kappa shape index (κ3) is 1.82. The van der Waals surface area contributed by atoms with Crippen LogP contribution in [0, 0.1) is 0 Å². The zero-order chi connectivity index (χ0) is 11.8. The zero-order valence-electron chi connectivity index (χ0n) is 9.99. The highest BCUT2D eigenvalue weighted by Crippen LogP contribution is 2.34. The standard InChI is InChI=1S/C13H16ClN3/c1-2-10-7-9-8-15-13(14)16-12(9)17(10)11-5-3-4-6-11/h7-8,11H,2-6H2,1H3. The minimum absolute atomic E-state index is 0.345. The van der Waals surface area contributed by atoms with Crippen molar-refractivity contribution in [1.82, 2.24) is 14.5 Å². The summed E-state index contributed by atoms with van der Waals surface area (Å²) in [5, 5.41) is 1.45. The molecule has 2 aromatic heterocycles. The average molecular weight is 250 g/mol. The normalized spacial score (nSPS) is 17.1. The van der Waals surface area contributed by atoms with Crippen LogP contribution in [0.2, 0.25) is 5.28 Å². The quantitative estimate of drug-likeness (QED) is 0.759. The van der Waals surface area contributed by atoms with Crippen LogP contribution in [-0.4, -0.2) is 14.5 Å². The van der Waals surface area contributed by atoms with Crippen LogP contribution < -0.4 is 0 Å². The fourth-order valence-electron chi connectivity index (χ4n) is 2.88. The number of hydrogen-bond donors (Lipinski definition) is 0. The first kappa shape index (κ1) is 11.0. The molecule has 3 nitrogen and oxygen atoms in total. The minimum atomic E-state index is 0.345. The second-order valence-electron chi connectivity index (χ2n) is 4.72. The Morgan fingerprint density at radius 1 is 1.41 bits per heavy atom. The summed E-state index contributed by atoms with van der Waals surface area (Å²) in [6.45, 7) is 2.19. The van der Waals surface area contributed by atoms with E-state index in [-0.39, 0.29) is 0 Å². The Morgan fingerprint density at radius 3 is 2.88 bits per heavy atom. The molecule has 0 bridgehead atoms. The van der Waals surface area contributed by atoms with E-state index in [2.05, 4.69) is 27.5 Å². The van der Waals surface area contributed by atoms with E-state index in [9.17, 15) is 0 Å². The second kappa shape index (κ2) is 4.30. The second-order valence-corrected chi connectivity index (χ2v) is 5.05. The maximum absolute atomic E-state index is 5.91. The van der Waals surface area contributed by atoms with E-state index >= 15 is 0 Å². The van der Waals surface area contributed by atoms with Gasteiger partial charge in [0.2, 0.25) is 5.28 Å². The number of rotatable bonds is 2. The molecule has 0 aliphatic heterocycles. The summed E-state index contributed by atoms with van der Waals surface area (Å²) in [6.07, 6.45) is 8.04. The number of halogens is 1. The number of nitrogens with zero attached hydrogens (tertiary/aromatic N) is 3. The van der Waals surface area contributed by atoms with Crippen molar-refractivity contribution in [2.45, 2.75) is 45.1 Å². The Labute approximate surface area is 106 Å². The van der Waals surface area contributed by atoms with Gasteiger partial charge in [0.25, 0.3) is 0 Å². The van der Waals surface area contributed by atoms with Crippen LogP contribution in [0.3, 0.4) is 0 Å². The van der Waals surface area contributed by atoms with Crippen molar-refractivity contribution < 1.29 is 0 Å². The lowest BCUT2D eigenvalue weighted by atomic mass is 10.2. The SMILES string of the molecule is CCc1cc2cnc(Cl)nc2n1C1CCCC1. The van der Waals surface area contributed by atoms with E-state index in [0.717, 1.165) is 17.5 Å². The van der Waals surface area contributed by atoms with Gasteiger partial charge in [-0.1, -0.05) is 19.8 Å². The fourth-order valence-corrected chi connectivity index (χ4v) is 3.01. The molecule has 90 valence electrons. The van der Waals surface area contributed by atoms with Gasteiger partial charge in [0.15, 0.2) is 0 Å². The third-order valence-corrected chi connectivity index (χ3v) is 3.86. The van der Waals surface area contributed by atoms with Crippen molar-refractivity contribution in [2.24, 2.45) is 0 Å². The molecule has 0 radical (unpaired) electrons. The highest BCUT2D eigenvalue weighted by molar-refractivity contribution is 6.28. The first-order chi connectivity index (χ1) is 8.29. The van der Waals surface area contributed by atoms with Crippen LogP contribution in [0.5, 0.6) is 0 Å². The Morgan fingerprint density at radius 2 is 2.18 bits per heavy atom. The number of hydrogen-bond acceptors (Lipinski definition) is 2. The summed E-state index contributed by atoms with van der Waals surface area (Å²) in [4.78, 5) is 8.47. The summed E-state index contributed by atoms with van der Waals surface area (Å²) in [6, 6.07) is 2.80. The molecule has 1 aliphatic rings. The number of aromatic nitrogens is 3. The first-order valence-electron chi connectivity index (χ1n) is 6.32. The summed E-state index contributed by atoms with van der Waals surface area (Å²) < 4.78 is 2.38. The predicted molar refractivity (Wildman–Crippen MR) is 69.4 cm³/mol. The highest BCUT2D eigenvalue weighted by atomic mass is 35.5. The largest absolute Gasteiger partial charge is 0.326 e. The lowest BCUT2D eigenvalue weighted by Gasteiger charge is -2.16. The smallest absolute Gasteiger partial charge is 0.224 e. The van der Waals surface area contributed by atoms with Crippen LogP contribution in [-0.2, 0) is 6.42 Å². The molecule has 4 heteroatoms. The third-order valence-electron chi connectivity index (χ3n) is 3.68. The zero-order valence-corrected chi connectivity index (χ0v) is 10.7. The van der Waals surface area contributed by atoms with Gasteiger partial charge in [-0.05, 0) is 36.9 Å². The lowest BCUT2D eigenvalue weighted by Crippen LogP contribution is -2.08. The van der Waals surface area contributed by atoms with Gasteiger partial charge in [-0.25, -0.2) is 4.98 Å². The van der Waals surface area contributed by atoms with Crippen molar-refractivity contribution in [1.29, 1.82) is 0 Å². The van der Waals surface area contributed by atoms with E-state index in [1.165, 1.54) is 31.4 Å². The van der Waals surface area contributed by atoms with Gasteiger partial charge in [-0.2, -0.15) is 4.98 Å². The molecule has 2 heterocycles. The molecule has 0 spiro atoms. The van der Waals surface area contributed by atoms with Crippen LogP contribution in [0.25, 0.3) is 11.0 Å². The fraction of sp³-hybridized carbons (Fsp3) is 0.538. The topological polar surface area (TPSA) is 30.7 Å². The molecule has 1 saturated carbocycles. The molecule has 1 fully saturated rings. The van der Waals surface area contributed by atoms with Gasteiger partial charge in [0, 0.05) is 23.3 Å². The Hall–Kier alpha value is -1.09. The van der Waals surface area contributed by atoms with Crippen molar-refractivity contribution in [3.63, 3.8) is 0 Å². The molecule has 0 aromatic carbocycles. The van der Waals surface area contributed by atoms with Crippen molar-refractivity contribution in [2.75, 3.05) is 0 Å². The van der Waals surface area contributed by atoms with Gasteiger partial charge in [0.05, 0.1) is 0 Å². The van der Waals surface area contributed by atoms with E-state index in [4.69, 9.17) is 11.6 Å². The van der Waals surface area contributed by atoms with Crippen LogP contribution >= 0.6 is 11.6 Å². The van der Waals surface area contributed by atoms with Crippen molar-refractivity contribution in [3.05, 3.63) is 23.2 Å². The van der Waals surface area contributed by atoms with Crippen molar-refractivity contribution >= 4 is 22.6 Å². The summed E-state index contributed by atoms with van der Waals surface area (Å²) in [5.74, 6) is 0. The van der Waals surface area contributed by atoms with Gasteiger partial charge in [-0.3, -0.25) is 0 Å². The summed E-state index contributed by atoms with van der Waals surface area (Å²) in [5.41, 5.74) is 2.36.